The van der Waals surface area contributed by atoms with E-state index in [2.05, 4.69) is 10.3 Å². The number of carbonyl (C=O) groups excluding carboxylic acids is 1. The summed E-state index contributed by atoms with van der Waals surface area (Å²) in [6, 6.07) is 20.3. The Bertz CT molecular complexity index is 1460. The van der Waals surface area contributed by atoms with E-state index in [0.717, 1.165) is 27.6 Å². The summed E-state index contributed by atoms with van der Waals surface area (Å²) in [6.45, 7) is 0.0766. The molecule has 5 rings (SSSR count). The molecule has 35 heavy (non-hydrogen) atoms. The summed E-state index contributed by atoms with van der Waals surface area (Å²) in [5.41, 5.74) is 5.54. The quantitative estimate of drug-likeness (QED) is 0.444. The minimum absolute atomic E-state index is 0.0766. The van der Waals surface area contributed by atoms with Gasteiger partial charge < -0.3 is 19.7 Å². The third-order valence-corrected chi connectivity index (χ3v) is 6.39. The van der Waals surface area contributed by atoms with Gasteiger partial charge in [0.25, 0.3) is 0 Å². The van der Waals surface area contributed by atoms with Gasteiger partial charge >= 0.3 is 12.1 Å². The van der Waals surface area contributed by atoms with Crippen molar-refractivity contribution in [3.05, 3.63) is 89.2 Å². The molecule has 1 aliphatic carbocycles. The number of benzene rings is 2. The van der Waals surface area contributed by atoms with Crippen LogP contribution in [0.3, 0.4) is 0 Å². The maximum Gasteiger partial charge on any atom is 0.407 e. The van der Waals surface area contributed by atoms with Gasteiger partial charge in [0.15, 0.2) is 0 Å². The molecule has 0 radical (unpaired) electrons. The van der Waals surface area contributed by atoms with Gasteiger partial charge in [0.1, 0.15) is 30.1 Å². The molecule has 2 aromatic carbocycles. The Balaban J connectivity index is 1.31. The van der Waals surface area contributed by atoms with Crippen LogP contribution in [0.2, 0.25) is 0 Å². The number of alkyl carbamates (subject to hydrolysis) is 1. The Kier molecular flexibility index (Phi) is 5.67. The number of amides is 1. The third-order valence-electron chi connectivity index (χ3n) is 6.39. The highest BCUT2D eigenvalue weighted by Crippen LogP contribution is 2.44. The molecule has 1 unspecified atom stereocenters. The van der Waals surface area contributed by atoms with E-state index >= 15 is 0 Å². The fourth-order valence-corrected chi connectivity index (χ4v) is 4.69. The smallest absolute Gasteiger partial charge is 0.407 e. The minimum Gasteiger partial charge on any atom is -0.480 e. The molecule has 8 heteroatoms. The largest absolute Gasteiger partial charge is 0.480 e. The third kappa shape index (κ3) is 4.08. The number of aromatic nitrogens is 2. The van der Waals surface area contributed by atoms with Crippen molar-refractivity contribution in [1.29, 1.82) is 5.26 Å². The molecule has 174 valence electrons. The summed E-state index contributed by atoms with van der Waals surface area (Å²) in [7, 11) is 1.81. The summed E-state index contributed by atoms with van der Waals surface area (Å²) in [5, 5.41) is 22.5. The summed E-state index contributed by atoms with van der Waals surface area (Å²) in [4.78, 5) is 28.9. The predicted molar refractivity (Wildman–Crippen MR) is 129 cm³/mol. The number of nitriles is 1. The number of carbonyl (C=O) groups is 2. The fraction of sp³-hybridized carbons (Fsp3) is 0.185. The molecular formula is C27H22N4O4. The number of carboxylic acids is 1. The molecule has 2 aromatic heterocycles. The van der Waals surface area contributed by atoms with Crippen molar-refractivity contribution in [3.63, 3.8) is 0 Å². The number of ether oxygens (including phenoxy) is 1. The highest BCUT2D eigenvalue weighted by atomic mass is 16.5. The number of hydrogen-bond donors (Lipinski definition) is 2. The summed E-state index contributed by atoms with van der Waals surface area (Å²) < 4.78 is 7.27. The minimum atomic E-state index is -1.28. The van der Waals surface area contributed by atoms with Gasteiger partial charge in [-0.3, -0.25) is 0 Å². The zero-order valence-electron chi connectivity index (χ0n) is 18.9. The number of carboxylic acid groups (broad SMARTS) is 1. The van der Waals surface area contributed by atoms with Crippen LogP contribution in [0.4, 0.5) is 4.79 Å². The molecule has 0 saturated carbocycles. The molecule has 0 spiro atoms. The number of aliphatic carboxylic acids is 1. The van der Waals surface area contributed by atoms with Crippen molar-refractivity contribution in [2.45, 2.75) is 18.4 Å². The highest BCUT2D eigenvalue weighted by molar-refractivity contribution is 5.82. The average Bonchev–Trinajstić information content (AvgIpc) is 3.39. The molecule has 1 aliphatic rings. The van der Waals surface area contributed by atoms with Gasteiger partial charge in [-0.25, -0.2) is 14.6 Å². The first-order valence-electron chi connectivity index (χ1n) is 11.2. The van der Waals surface area contributed by atoms with E-state index in [9.17, 15) is 20.0 Å². The molecule has 8 nitrogen and oxygen atoms in total. The maximum atomic E-state index is 12.6. The average molecular weight is 466 g/mol. The summed E-state index contributed by atoms with van der Waals surface area (Å²) in [5.74, 6) is -1.36. The first kappa shape index (κ1) is 22.2. The van der Waals surface area contributed by atoms with Crippen LogP contribution in [-0.4, -0.2) is 39.4 Å². The lowest BCUT2D eigenvalue weighted by atomic mass is 9.98. The van der Waals surface area contributed by atoms with Crippen molar-refractivity contribution in [3.8, 4) is 17.2 Å². The van der Waals surface area contributed by atoms with Crippen LogP contribution < -0.4 is 5.32 Å². The standard InChI is InChI=1S/C27H22N4O4/c1-31-11-10-16-12-17(24(14-28)29-25(16)31)13-23(26(32)33)30-27(34)35-15-22-20-8-4-2-6-18(20)19-7-3-5-9-21(19)22/h2-12,22-23H,13,15H2,1H3,(H,30,34)(H,32,33). The number of fused-ring (bicyclic) bond motifs is 4. The molecular weight excluding hydrogens is 444 g/mol. The van der Waals surface area contributed by atoms with E-state index in [1.54, 1.807) is 10.6 Å². The second-order valence-electron chi connectivity index (χ2n) is 8.51. The lowest BCUT2D eigenvalue weighted by Crippen LogP contribution is -2.43. The van der Waals surface area contributed by atoms with Crippen LogP contribution in [0.15, 0.2) is 66.9 Å². The Hall–Kier alpha value is -4.64. The molecule has 0 saturated heterocycles. The number of hydrogen-bond acceptors (Lipinski definition) is 5. The van der Waals surface area contributed by atoms with Crippen molar-refractivity contribution in [2.75, 3.05) is 6.61 Å². The van der Waals surface area contributed by atoms with Crippen molar-refractivity contribution >= 4 is 23.1 Å². The van der Waals surface area contributed by atoms with Gasteiger partial charge in [-0.2, -0.15) is 5.26 Å². The Labute approximate surface area is 201 Å². The number of aryl methyl sites for hydroxylation is 1. The van der Waals surface area contributed by atoms with E-state index in [1.807, 2.05) is 73.9 Å². The molecule has 2 N–H and O–H groups in total. The molecule has 1 atom stereocenters. The Morgan fingerprint density at radius 2 is 1.80 bits per heavy atom. The number of nitrogens with one attached hydrogen (secondary N) is 1. The topological polar surface area (TPSA) is 117 Å². The van der Waals surface area contributed by atoms with Crippen molar-refractivity contribution in [1.82, 2.24) is 14.9 Å². The van der Waals surface area contributed by atoms with Gasteiger partial charge in [0, 0.05) is 31.0 Å². The van der Waals surface area contributed by atoms with Crippen LogP contribution in [0.25, 0.3) is 22.2 Å². The van der Waals surface area contributed by atoms with Gasteiger partial charge in [-0.15, -0.1) is 0 Å². The number of pyridine rings is 1. The van der Waals surface area contributed by atoms with E-state index in [1.165, 1.54) is 0 Å². The van der Waals surface area contributed by atoms with Crippen LogP contribution >= 0.6 is 0 Å². The number of rotatable bonds is 6. The Morgan fingerprint density at radius 3 is 2.43 bits per heavy atom. The molecule has 0 bridgehead atoms. The van der Waals surface area contributed by atoms with Crippen LogP contribution in [-0.2, 0) is 23.0 Å². The zero-order valence-corrected chi connectivity index (χ0v) is 18.9. The van der Waals surface area contributed by atoms with Crippen LogP contribution in [0.5, 0.6) is 0 Å². The monoisotopic (exact) mass is 466 g/mol. The second-order valence-corrected chi connectivity index (χ2v) is 8.51. The maximum absolute atomic E-state index is 12.6. The lowest BCUT2D eigenvalue weighted by molar-refractivity contribution is -0.139. The highest BCUT2D eigenvalue weighted by Gasteiger charge is 2.30. The van der Waals surface area contributed by atoms with Crippen molar-refractivity contribution in [2.24, 2.45) is 7.05 Å². The SMILES string of the molecule is Cn1ccc2cc(CC(NC(=O)OCC3c4ccccc4-c4ccccc43)C(=O)O)c(C#N)nc21. The molecule has 1 amide bonds. The normalized spacial score (nSPS) is 13.0. The van der Waals surface area contributed by atoms with Crippen LogP contribution in [0, 0.1) is 11.3 Å². The Morgan fingerprint density at radius 1 is 1.14 bits per heavy atom. The second kappa shape index (κ2) is 8.95. The van der Waals surface area contributed by atoms with Gasteiger partial charge in [-0.05, 0) is 39.9 Å². The van der Waals surface area contributed by atoms with Gasteiger partial charge in [-0.1, -0.05) is 48.5 Å². The molecule has 4 aromatic rings. The zero-order chi connectivity index (χ0) is 24.5. The van der Waals surface area contributed by atoms with E-state index in [-0.39, 0.29) is 24.6 Å². The van der Waals surface area contributed by atoms with Gasteiger partial charge in [0.05, 0.1) is 0 Å². The summed E-state index contributed by atoms with van der Waals surface area (Å²) in [6.07, 6.45) is 0.887. The molecule has 2 heterocycles. The predicted octanol–water partition coefficient (Wildman–Crippen LogP) is 3.98. The van der Waals surface area contributed by atoms with Gasteiger partial charge in [0.2, 0.25) is 0 Å². The van der Waals surface area contributed by atoms with E-state index < -0.39 is 18.1 Å². The van der Waals surface area contributed by atoms with Crippen LogP contribution in [0.1, 0.15) is 28.3 Å². The number of nitrogens with zero attached hydrogens (tertiary/aromatic N) is 3. The van der Waals surface area contributed by atoms with E-state index in [0.29, 0.717) is 11.2 Å². The molecule has 0 fully saturated rings. The fourth-order valence-electron chi connectivity index (χ4n) is 4.69. The first-order valence-corrected chi connectivity index (χ1v) is 11.2. The summed E-state index contributed by atoms with van der Waals surface area (Å²) >= 11 is 0. The lowest BCUT2D eigenvalue weighted by Gasteiger charge is -2.18. The molecule has 0 aliphatic heterocycles. The van der Waals surface area contributed by atoms with E-state index in [4.69, 9.17) is 4.74 Å². The first-order chi connectivity index (χ1) is 17.0. The van der Waals surface area contributed by atoms with Crippen molar-refractivity contribution < 1.29 is 19.4 Å².